The smallest absolute Gasteiger partial charge is 0.124 e. The van der Waals surface area contributed by atoms with Gasteiger partial charge in [-0.3, -0.25) is 0 Å². The maximum absolute atomic E-state index is 9.28. The highest BCUT2D eigenvalue weighted by Crippen LogP contribution is 2.25. The van der Waals surface area contributed by atoms with E-state index in [1.165, 1.54) is 0 Å². The van der Waals surface area contributed by atoms with Crippen molar-refractivity contribution in [3.8, 4) is 5.75 Å². The number of rotatable bonds is 8. The Morgan fingerprint density at radius 3 is 2.54 bits per heavy atom. The summed E-state index contributed by atoms with van der Waals surface area (Å²) in [5.41, 5.74) is 1.89. The van der Waals surface area contributed by atoms with E-state index in [0.717, 1.165) is 23.3 Å². The Bertz CT molecular complexity index is 633. The molecule has 2 aromatic carbocycles. The summed E-state index contributed by atoms with van der Waals surface area (Å²) < 4.78 is 5.91. The van der Waals surface area contributed by atoms with Crippen LogP contribution in [-0.4, -0.2) is 17.8 Å². The lowest BCUT2D eigenvalue weighted by atomic mass is 10.1. The maximum atomic E-state index is 9.28. The summed E-state index contributed by atoms with van der Waals surface area (Å²) in [6, 6.07) is 13.2. The second-order valence-corrected chi connectivity index (χ2v) is 6.14. The molecule has 0 saturated carbocycles. The maximum Gasteiger partial charge on any atom is 0.124 e. The number of benzene rings is 2. The predicted molar refractivity (Wildman–Crippen MR) is 102 cm³/mol. The van der Waals surface area contributed by atoms with Gasteiger partial charge in [-0.05, 0) is 30.7 Å². The van der Waals surface area contributed by atoms with Crippen LogP contribution in [0, 0.1) is 0 Å². The van der Waals surface area contributed by atoms with Crippen LogP contribution >= 0.6 is 35.6 Å². The lowest BCUT2D eigenvalue weighted by molar-refractivity contribution is 0.237. The monoisotopic (exact) mass is 389 g/mol. The molecule has 0 aliphatic rings. The quantitative estimate of drug-likeness (QED) is 0.676. The van der Waals surface area contributed by atoms with Crippen molar-refractivity contribution in [2.45, 2.75) is 32.5 Å². The molecule has 0 bridgehead atoms. The molecule has 6 heteroatoms. The van der Waals surface area contributed by atoms with Gasteiger partial charge in [-0.2, -0.15) is 0 Å². The van der Waals surface area contributed by atoms with Crippen LogP contribution in [0.3, 0.4) is 0 Å². The molecule has 0 amide bonds. The Morgan fingerprint density at radius 1 is 1.12 bits per heavy atom. The fourth-order valence-electron chi connectivity index (χ4n) is 2.19. The Balaban J connectivity index is 0.00000288. The molecule has 0 aliphatic carbocycles. The predicted octanol–water partition coefficient (Wildman–Crippen LogP) is 4.85. The molecule has 0 aliphatic heterocycles. The molecule has 2 rings (SSSR count). The molecular weight excluding hydrogens is 369 g/mol. The first-order valence-electron chi connectivity index (χ1n) is 7.63. The Hall–Kier alpha value is -0.970. The number of ether oxygens (including phenoxy) is 1. The standard InChI is InChI=1S/C18H21Cl2NO2.ClH/c1-2-16(11-22)21-10-14-9-15(19)7-8-18(14)23-12-13-5-3-4-6-17(13)20;/h3-9,16,21-22H,2,10-12H2,1H3;1H. The summed E-state index contributed by atoms with van der Waals surface area (Å²) in [4.78, 5) is 0. The molecule has 132 valence electrons. The van der Waals surface area contributed by atoms with Crippen LogP contribution in [-0.2, 0) is 13.2 Å². The summed E-state index contributed by atoms with van der Waals surface area (Å²) in [6.07, 6.45) is 0.854. The first kappa shape index (κ1) is 21.1. The van der Waals surface area contributed by atoms with E-state index in [2.05, 4.69) is 5.32 Å². The Kier molecular flexibility index (Phi) is 9.49. The highest BCUT2D eigenvalue weighted by Gasteiger charge is 2.09. The van der Waals surface area contributed by atoms with Gasteiger partial charge in [-0.1, -0.05) is 48.3 Å². The van der Waals surface area contributed by atoms with Gasteiger partial charge >= 0.3 is 0 Å². The van der Waals surface area contributed by atoms with Gasteiger partial charge in [-0.15, -0.1) is 12.4 Å². The third kappa shape index (κ3) is 6.15. The zero-order valence-electron chi connectivity index (χ0n) is 13.5. The van der Waals surface area contributed by atoms with Crippen LogP contribution in [0.5, 0.6) is 5.75 Å². The summed E-state index contributed by atoms with van der Waals surface area (Å²) in [5.74, 6) is 0.759. The number of nitrogens with one attached hydrogen (secondary N) is 1. The minimum absolute atomic E-state index is 0. The van der Waals surface area contributed by atoms with Crippen molar-refractivity contribution in [2.75, 3.05) is 6.61 Å². The van der Waals surface area contributed by atoms with Crippen molar-refractivity contribution in [1.82, 2.24) is 5.32 Å². The van der Waals surface area contributed by atoms with E-state index in [-0.39, 0.29) is 25.1 Å². The minimum Gasteiger partial charge on any atom is -0.489 e. The van der Waals surface area contributed by atoms with E-state index in [0.29, 0.717) is 23.2 Å². The van der Waals surface area contributed by atoms with Crippen molar-refractivity contribution in [3.05, 3.63) is 63.6 Å². The normalized spacial score (nSPS) is 11.7. The van der Waals surface area contributed by atoms with Crippen LogP contribution in [0.25, 0.3) is 0 Å². The van der Waals surface area contributed by atoms with Gasteiger partial charge in [0.05, 0.1) is 6.61 Å². The van der Waals surface area contributed by atoms with Crippen molar-refractivity contribution in [2.24, 2.45) is 0 Å². The Labute approximate surface area is 159 Å². The van der Waals surface area contributed by atoms with Gasteiger partial charge in [-0.25, -0.2) is 0 Å². The van der Waals surface area contributed by atoms with Crippen LogP contribution < -0.4 is 10.1 Å². The van der Waals surface area contributed by atoms with Gasteiger partial charge in [0.2, 0.25) is 0 Å². The van der Waals surface area contributed by atoms with Gasteiger partial charge < -0.3 is 15.2 Å². The zero-order chi connectivity index (χ0) is 16.7. The topological polar surface area (TPSA) is 41.5 Å². The van der Waals surface area contributed by atoms with Crippen LogP contribution in [0.1, 0.15) is 24.5 Å². The van der Waals surface area contributed by atoms with Crippen molar-refractivity contribution >= 4 is 35.6 Å². The molecule has 0 radical (unpaired) electrons. The first-order chi connectivity index (χ1) is 11.1. The van der Waals surface area contributed by atoms with E-state index >= 15 is 0 Å². The molecule has 2 aromatic rings. The molecule has 0 fully saturated rings. The van der Waals surface area contributed by atoms with Gasteiger partial charge in [0.15, 0.2) is 0 Å². The van der Waals surface area contributed by atoms with E-state index in [1.807, 2.05) is 43.3 Å². The van der Waals surface area contributed by atoms with Crippen LogP contribution in [0.4, 0.5) is 0 Å². The van der Waals surface area contributed by atoms with Gasteiger partial charge in [0.25, 0.3) is 0 Å². The van der Waals surface area contributed by atoms with Crippen molar-refractivity contribution in [1.29, 1.82) is 0 Å². The Morgan fingerprint density at radius 2 is 1.88 bits per heavy atom. The van der Waals surface area contributed by atoms with E-state index in [4.69, 9.17) is 27.9 Å². The molecule has 1 atom stereocenters. The molecule has 0 aromatic heterocycles. The molecule has 24 heavy (non-hydrogen) atoms. The number of hydrogen-bond acceptors (Lipinski definition) is 3. The highest BCUT2D eigenvalue weighted by molar-refractivity contribution is 6.31. The molecular formula is C18H22Cl3NO2. The molecule has 0 spiro atoms. The largest absolute Gasteiger partial charge is 0.489 e. The fourth-order valence-corrected chi connectivity index (χ4v) is 2.58. The second-order valence-electron chi connectivity index (χ2n) is 5.30. The van der Waals surface area contributed by atoms with E-state index in [9.17, 15) is 5.11 Å². The molecule has 3 nitrogen and oxygen atoms in total. The SMILES string of the molecule is CCC(CO)NCc1cc(Cl)ccc1OCc1ccccc1Cl.Cl. The molecule has 0 saturated heterocycles. The summed E-state index contributed by atoms with van der Waals surface area (Å²) in [6.45, 7) is 3.11. The summed E-state index contributed by atoms with van der Waals surface area (Å²) in [7, 11) is 0. The third-order valence-corrected chi connectivity index (χ3v) is 4.26. The summed E-state index contributed by atoms with van der Waals surface area (Å²) in [5, 5.41) is 13.9. The minimum atomic E-state index is 0. The number of hydrogen-bond donors (Lipinski definition) is 2. The average molecular weight is 391 g/mol. The van der Waals surface area contributed by atoms with Gasteiger partial charge in [0, 0.05) is 33.8 Å². The zero-order valence-corrected chi connectivity index (χ0v) is 15.8. The van der Waals surface area contributed by atoms with Crippen molar-refractivity contribution < 1.29 is 9.84 Å². The van der Waals surface area contributed by atoms with Crippen molar-refractivity contribution in [3.63, 3.8) is 0 Å². The summed E-state index contributed by atoms with van der Waals surface area (Å²) >= 11 is 12.2. The van der Waals surface area contributed by atoms with E-state index in [1.54, 1.807) is 6.07 Å². The first-order valence-corrected chi connectivity index (χ1v) is 8.38. The number of halogens is 3. The second kappa shape index (κ2) is 10.8. The highest BCUT2D eigenvalue weighted by atomic mass is 35.5. The van der Waals surface area contributed by atoms with Crippen LogP contribution in [0.15, 0.2) is 42.5 Å². The number of aliphatic hydroxyl groups excluding tert-OH is 1. The molecule has 2 N–H and O–H groups in total. The lowest BCUT2D eigenvalue weighted by Gasteiger charge is -2.17. The van der Waals surface area contributed by atoms with Crippen LogP contribution in [0.2, 0.25) is 10.0 Å². The number of aliphatic hydroxyl groups is 1. The average Bonchev–Trinajstić information content (AvgIpc) is 2.56. The lowest BCUT2D eigenvalue weighted by Crippen LogP contribution is -2.31. The van der Waals surface area contributed by atoms with Gasteiger partial charge in [0.1, 0.15) is 12.4 Å². The third-order valence-electron chi connectivity index (χ3n) is 3.66. The fraction of sp³-hybridized carbons (Fsp3) is 0.333. The molecule has 0 heterocycles. The molecule has 1 unspecified atom stereocenters. The van der Waals surface area contributed by atoms with E-state index < -0.39 is 0 Å².